The van der Waals surface area contributed by atoms with Crippen molar-refractivity contribution >= 4 is 11.8 Å². The average molecular weight is 266 g/mol. The largest absolute Gasteiger partial charge is 0.342 e. The lowest BCUT2D eigenvalue weighted by Crippen LogP contribution is -2.69. The Morgan fingerprint density at radius 2 is 1.84 bits per heavy atom. The summed E-state index contributed by atoms with van der Waals surface area (Å²) in [6, 6.07) is -0.285. The number of nitrogens with zero attached hydrogens (tertiary/aromatic N) is 1. The Balaban J connectivity index is 2.18. The highest BCUT2D eigenvalue weighted by atomic mass is 16.2. The van der Waals surface area contributed by atoms with Crippen LogP contribution in [0.1, 0.15) is 59.3 Å². The van der Waals surface area contributed by atoms with Gasteiger partial charge in [0.25, 0.3) is 0 Å². The summed E-state index contributed by atoms with van der Waals surface area (Å²) in [7, 11) is 0. The van der Waals surface area contributed by atoms with Gasteiger partial charge in [-0.15, -0.1) is 0 Å². The molecular formula is C15H26N2O2. The molecule has 2 amide bonds. The smallest absolute Gasteiger partial charge is 0.246 e. The van der Waals surface area contributed by atoms with Crippen molar-refractivity contribution in [3.05, 3.63) is 0 Å². The summed E-state index contributed by atoms with van der Waals surface area (Å²) in [5.41, 5.74) is -0.710. The number of amides is 2. The summed E-state index contributed by atoms with van der Waals surface area (Å²) in [5.74, 6) is 0.454. The Hall–Kier alpha value is -1.06. The highest BCUT2D eigenvalue weighted by Gasteiger charge is 2.47. The quantitative estimate of drug-likeness (QED) is 0.850. The molecule has 0 radical (unpaired) electrons. The monoisotopic (exact) mass is 266 g/mol. The number of hydrogen-bond acceptors (Lipinski definition) is 2. The summed E-state index contributed by atoms with van der Waals surface area (Å²) in [4.78, 5) is 26.8. The van der Waals surface area contributed by atoms with Gasteiger partial charge in [0.05, 0.1) is 0 Å². The summed E-state index contributed by atoms with van der Waals surface area (Å²) in [6.45, 7) is 6.40. The van der Waals surface area contributed by atoms with Gasteiger partial charge in [0, 0.05) is 6.54 Å². The molecule has 1 atom stereocenters. The molecule has 19 heavy (non-hydrogen) atoms. The number of hydrogen-bond donors (Lipinski definition) is 1. The first-order valence-electron chi connectivity index (χ1n) is 7.61. The van der Waals surface area contributed by atoms with Crippen molar-refractivity contribution < 1.29 is 9.59 Å². The van der Waals surface area contributed by atoms with Crippen LogP contribution in [0.25, 0.3) is 0 Å². The third-order valence-electron chi connectivity index (χ3n) is 4.62. The van der Waals surface area contributed by atoms with E-state index in [-0.39, 0.29) is 17.9 Å². The molecule has 2 aliphatic rings. The van der Waals surface area contributed by atoms with E-state index in [9.17, 15) is 9.59 Å². The van der Waals surface area contributed by atoms with Gasteiger partial charge in [-0.05, 0) is 39.0 Å². The van der Waals surface area contributed by atoms with Gasteiger partial charge in [-0.2, -0.15) is 0 Å². The fourth-order valence-electron chi connectivity index (χ4n) is 3.35. The van der Waals surface area contributed by atoms with E-state index >= 15 is 0 Å². The SMILES string of the molecule is CCCN1C(=O)C(C2CCCCC2)NC(=O)C1(C)C. The summed E-state index contributed by atoms with van der Waals surface area (Å²) in [6.07, 6.45) is 6.65. The predicted molar refractivity (Wildman–Crippen MR) is 74.6 cm³/mol. The average Bonchev–Trinajstić information content (AvgIpc) is 2.40. The minimum atomic E-state index is -0.710. The molecule has 0 aromatic carbocycles. The molecule has 1 N–H and O–H groups in total. The van der Waals surface area contributed by atoms with Crippen LogP contribution in [-0.2, 0) is 9.59 Å². The van der Waals surface area contributed by atoms with Gasteiger partial charge in [0.2, 0.25) is 11.8 Å². The molecule has 0 bridgehead atoms. The predicted octanol–water partition coefficient (Wildman–Crippen LogP) is 2.08. The lowest BCUT2D eigenvalue weighted by atomic mass is 9.81. The van der Waals surface area contributed by atoms with Crippen LogP contribution >= 0.6 is 0 Å². The normalized spacial score (nSPS) is 28.4. The highest BCUT2D eigenvalue weighted by molar-refractivity contribution is 5.99. The fraction of sp³-hybridized carbons (Fsp3) is 0.867. The number of rotatable bonds is 3. The van der Waals surface area contributed by atoms with E-state index in [4.69, 9.17) is 0 Å². The first-order chi connectivity index (χ1) is 8.98. The van der Waals surface area contributed by atoms with Crippen molar-refractivity contribution in [1.29, 1.82) is 0 Å². The Labute approximate surface area is 115 Å². The van der Waals surface area contributed by atoms with E-state index in [1.807, 2.05) is 20.8 Å². The molecule has 1 aliphatic carbocycles. The maximum Gasteiger partial charge on any atom is 0.246 e. The lowest BCUT2D eigenvalue weighted by Gasteiger charge is -2.46. The number of piperazine rings is 1. The summed E-state index contributed by atoms with van der Waals surface area (Å²) < 4.78 is 0. The van der Waals surface area contributed by atoms with Gasteiger partial charge >= 0.3 is 0 Å². The molecule has 0 aromatic heterocycles. The number of nitrogens with one attached hydrogen (secondary N) is 1. The molecular weight excluding hydrogens is 240 g/mol. The van der Waals surface area contributed by atoms with Gasteiger partial charge < -0.3 is 10.2 Å². The minimum Gasteiger partial charge on any atom is -0.342 e. The van der Waals surface area contributed by atoms with Crippen LogP contribution in [0.5, 0.6) is 0 Å². The van der Waals surface area contributed by atoms with Crippen molar-refractivity contribution in [2.24, 2.45) is 5.92 Å². The van der Waals surface area contributed by atoms with Gasteiger partial charge in [-0.25, -0.2) is 0 Å². The summed E-state index contributed by atoms with van der Waals surface area (Å²) >= 11 is 0. The van der Waals surface area contributed by atoms with Crippen LogP contribution in [-0.4, -0.2) is 34.8 Å². The van der Waals surface area contributed by atoms with Crippen LogP contribution in [0.2, 0.25) is 0 Å². The second kappa shape index (κ2) is 5.51. The van der Waals surface area contributed by atoms with Gasteiger partial charge in [0.15, 0.2) is 0 Å². The standard InChI is InChI=1S/C15H26N2O2/c1-4-10-17-13(18)12(11-8-6-5-7-9-11)16-14(19)15(17,2)3/h11-12H,4-10H2,1-3H3,(H,16,19). The molecule has 1 unspecified atom stereocenters. The van der Waals surface area contributed by atoms with E-state index in [0.717, 1.165) is 19.3 Å². The van der Waals surface area contributed by atoms with Crippen LogP contribution in [0.3, 0.4) is 0 Å². The zero-order valence-electron chi connectivity index (χ0n) is 12.4. The van der Waals surface area contributed by atoms with Crippen molar-refractivity contribution in [3.8, 4) is 0 Å². The Morgan fingerprint density at radius 1 is 1.21 bits per heavy atom. The topological polar surface area (TPSA) is 49.4 Å². The second-order valence-electron chi connectivity index (χ2n) is 6.40. The van der Waals surface area contributed by atoms with Crippen LogP contribution in [0, 0.1) is 5.92 Å². The third-order valence-corrected chi connectivity index (χ3v) is 4.62. The first kappa shape index (κ1) is 14.4. The van der Waals surface area contributed by atoms with Crippen molar-refractivity contribution in [2.75, 3.05) is 6.54 Å². The maximum atomic E-state index is 12.7. The molecule has 1 aliphatic heterocycles. The molecule has 4 heteroatoms. The first-order valence-corrected chi connectivity index (χ1v) is 7.61. The third kappa shape index (κ3) is 2.63. The Morgan fingerprint density at radius 3 is 2.42 bits per heavy atom. The lowest BCUT2D eigenvalue weighted by molar-refractivity contribution is -0.157. The van der Waals surface area contributed by atoms with Crippen molar-refractivity contribution in [3.63, 3.8) is 0 Å². The molecule has 4 nitrogen and oxygen atoms in total. The zero-order chi connectivity index (χ0) is 14.0. The van der Waals surface area contributed by atoms with E-state index in [1.54, 1.807) is 4.90 Å². The molecule has 2 rings (SSSR count). The van der Waals surface area contributed by atoms with Crippen LogP contribution in [0.15, 0.2) is 0 Å². The van der Waals surface area contributed by atoms with Gasteiger partial charge in [-0.1, -0.05) is 26.2 Å². The van der Waals surface area contributed by atoms with Crippen molar-refractivity contribution in [2.45, 2.75) is 70.9 Å². The second-order valence-corrected chi connectivity index (χ2v) is 6.40. The van der Waals surface area contributed by atoms with E-state index < -0.39 is 5.54 Å². The molecule has 1 saturated heterocycles. The highest BCUT2D eigenvalue weighted by Crippen LogP contribution is 2.31. The van der Waals surface area contributed by atoms with E-state index in [1.165, 1.54) is 19.3 Å². The zero-order valence-corrected chi connectivity index (χ0v) is 12.4. The van der Waals surface area contributed by atoms with Gasteiger partial charge in [-0.3, -0.25) is 9.59 Å². The maximum absolute atomic E-state index is 12.7. The molecule has 0 spiro atoms. The molecule has 0 aromatic rings. The molecule has 2 fully saturated rings. The number of carbonyl (C=O) groups excluding carboxylic acids is 2. The van der Waals surface area contributed by atoms with E-state index in [2.05, 4.69) is 5.32 Å². The van der Waals surface area contributed by atoms with Gasteiger partial charge in [0.1, 0.15) is 11.6 Å². The van der Waals surface area contributed by atoms with Crippen molar-refractivity contribution in [1.82, 2.24) is 10.2 Å². The Kier molecular flexibility index (Phi) is 4.16. The molecule has 1 heterocycles. The molecule has 1 saturated carbocycles. The van der Waals surface area contributed by atoms with Crippen LogP contribution < -0.4 is 5.32 Å². The Bertz CT molecular complexity index is 359. The minimum absolute atomic E-state index is 0.00359. The fourth-order valence-corrected chi connectivity index (χ4v) is 3.35. The number of carbonyl (C=O) groups is 2. The summed E-state index contributed by atoms with van der Waals surface area (Å²) in [5, 5.41) is 2.98. The van der Waals surface area contributed by atoms with E-state index in [0.29, 0.717) is 12.5 Å². The molecule has 108 valence electrons. The van der Waals surface area contributed by atoms with Crippen LogP contribution in [0.4, 0.5) is 0 Å².